The lowest BCUT2D eigenvalue weighted by Gasteiger charge is -2.00. The quantitative estimate of drug-likeness (QED) is 0.445. The van der Waals surface area contributed by atoms with Crippen LogP contribution in [-0.4, -0.2) is 16.5 Å². The van der Waals surface area contributed by atoms with Gasteiger partial charge in [-0.3, -0.25) is 4.79 Å². The molecule has 0 bridgehead atoms. The van der Waals surface area contributed by atoms with Crippen molar-refractivity contribution in [3.63, 3.8) is 0 Å². The van der Waals surface area contributed by atoms with E-state index in [1.54, 1.807) is 0 Å². The molecule has 1 aromatic heterocycles. The van der Waals surface area contributed by atoms with Crippen molar-refractivity contribution in [1.82, 2.24) is 4.98 Å². The first-order valence-corrected chi connectivity index (χ1v) is 8.78. The number of hydrogen-bond donors (Lipinski definition) is 0. The Morgan fingerprint density at radius 1 is 1.14 bits per heavy atom. The fraction of sp³-hybridized carbons (Fsp3) is 0.529. The van der Waals surface area contributed by atoms with Crippen molar-refractivity contribution in [2.24, 2.45) is 0 Å². The topological polar surface area (TPSA) is 43.1 Å². The van der Waals surface area contributed by atoms with Crippen molar-refractivity contribution in [3.05, 3.63) is 24.3 Å². The molecule has 0 unspecified atom stereocenters. The van der Waals surface area contributed by atoms with Gasteiger partial charge in [0.15, 0.2) is 5.58 Å². The van der Waals surface area contributed by atoms with Gasteiger partial charge in [-0.2, -0.15) is 0 Å². The van der Waals surface area contributed by atoms with Gasteiger partial charge in [0.2, 0.25) is 0 Å². The molecule has 0 atom stereocenters. The van der Waals surface area contributed by atoms with Gasteiger partial charge in [0.05, 0.1) is 5.75 Å². The highest BCUT2D eigenvalue weighted by Gasteiger charge is 2.08. The molecule has 3 nitrogen and oxygen atoms in total. The molecule has 21 heavy (non-hydrogen) atoms. The minimum absolute atomic E-state index is 0.290. The summed E-state index contributed by atoms with van der Waals surface area (Å²) < 4.78 is 5.59. The first-order valence-electron chi connectivity index (χ1n) is 7.79. The standard InChI is InChI=1S/C17H23NO2S/c1-2-3-4-5-6-7-10-14(19)13-21-17-18-15-11-8-9-12-16(15)20-17/h8-9,11-12H,2-7,10,13H2,1H3. The molecule has 0 spiro atoms. The Morgan fingerprint density at radius 3 is 2.71 bits per heavy atom. The summed E-state index contributed by atoms with van der Waals surface area (Å²) >= 11 is 1.40. The van der Waals surface area contributed by atoms with Crippen LogP contribution in [-0.2, 0) is 4.79 Å². The number of ketones is 1. The number of oxazole rings is 1. The number of Topliss-reactive ketones (excluding diaryl/α,β-unsaturated/α-hetero) is 1. The number of aromatic nitrogens is 1. The van der Waals surface area contributed by atoms with Crippen LogP contribution in [0.3, 0.4) is 0 Å². The number of carbonyl (C=O) groups excluding carboxylic acids is 1. The molecule has 114 valence electrons. The van der Waals surface area contributed by atoms with Gasteiger partial charge in [-0.05, 0) is 18.6 Å². The lowest BCUT2D eigenvalue weighted by molar-refractivity contribution is -0.116. The zero-order valence-electron chi connectivity index (χ0n) is 12.6. The predicted octanol–water partition coefficient (Wildman–Crippen LogP) is 5.24. The van der Waals surface area contributed by atoms with Crippen molar-refractivity contribution < 1.29 is 9.21 Å². The largest absolute Gasteiger partial charge is 0.431 e. The number of carbonyl (C=O) groups is 1. The molecule has 2 rings (SSSR count). The maximum atomic E-state index is 11.8. The molecule has 2 aromatic rings. The Morgan fingerprint density at radius 2 is 1.90 bits per heavy atom. The Bertz CT molecular complexity index is 532. The Kier molecular flexibility index (Phi) is 6.80. The molecule has 0 saturated heterocycles. The van der Waals surface area contributed by atoms with Crippen LogP contribution in [0, 0.1) is 0 Å². The molecule has 0 amide bonds. The van der Waals surface area contributed by atoms with Gasteiger partial charge >= 0.3 is 0 Å². The van der Waals surface area contributed by atoms with Crippen LogP contribution < -0.4 is 0 Å². The summed E-state index contributed by atoms with van der Waals surface area (Å²) in [6, 6.07) is 7.67. The van der Waals surface area contributed by atoms with Crippen molar-refractivity contribution in [2.45, 2.75) is 57.1 Å². The van der Waals surface area contributed by atoms with E-state index < -0.39 is 0 Å². The predicted molar refractivity (Wildman–Crippen MR) is 87.7 cm³/mol. The third-order valence-electron chi connectivity index (χ3n) is 3.44. The zero-order valence-corrected chi connectivity index (χ0v) is 13.5. The summed E-state index contributed by atoms with van der Waals surface area (Å²) in [6.45, 7) is 2.22. The highest BCUT2D eigenvalue weighted by Crippen LogP contribution is 2.23. The van der Waals surface area contributed by atoms with Gasteiger partial charge in [0.25, 0.3) is 5.22 Å². The maximum Gasteiger partial charge on any atom is 0.257 e. The van der Waals surface area contributed by atoms with E-state index in [0.29, 0.717) is 17.4 Å². The average molecular weight is 305 g/mol. The van der Waals surface area contributed by atoms with Crippen LogP contribution in [0.5, 0.6) is 0 Å². The molecule has 0 aliphatic heterocycles. The Labute approximate surface area is 130 Å². The van der Waals surface area contributed by atoms with E-state index >= 15 is 0 Å². The number of unbranched alkanes of at least 4 members (excludes halogenated alkanes) is 5. The van der Waals surface area contributed by atoms with Crippen LogP contribution in [0.1, 0.15) is 51.9 Å². The fourth-order valence-corrected chi connectivity index (χ4v) is 2.97. The third-order valence-corrected chi connectivity index (χ3v) is 4.33. The Balaban J connectivity index is 1.64. The average Bonchev–Trinajstić information content (AvgIpc) is 2.91. The van der Waals surface area contributed by atoms with Crippen LogP contribution in [0.15, 0.2) is 33.9 Å². The Hall–Kier alpha value is -1.29. The molecule has 0 aliphatic carbocycles. The number of rotatable bonds is 10. The normalized spacial score (nSPS) is 11.1. The van der Waals surface area contributed by atoms with Crippen LogP contribution in [0.2, 0.25) is 0 Å². The van der Waals surface area contributed by atoms with Gasteiger partial charge in [-0.1, -0.05) is 62.9 Å². The van der Waals surface area contributed by atoms with E-state index in [1.165, 1.54) is 43.9 Å². The lowest BCUT2D eigenvalue weighted by Crippen LogP contribution is -2.01. The molecule has 0 fully saturated rings. The van der Waals surface area contributed by atoms with E-state index in [-0.39, 0.29) is 5.78 Å². The van der Waals surface area contributed by atoms with Gasteiger partial charge < -0.3 is 4.42 Å². The number of fused-ring (bicyclic) bond motifs is 1. The molecular formula is C17H23NO2S. The summed E-state index contributed by atoms with van der Waals surface area (Å²) in [5.74, 6) is 0.750. The van der Waals surface area contributed by atoms with E-state index in [1.807, 2.05) is 24.3 Å². The van der Waals surface area contributed by atoms with Crippen LogP contribution in [0.25, 0.3) is 11.1 Å². The molecule has 0 saturated carbocycles. The lowest BCUT2D eigenvalue weighted by atomic mass is 10.1. The van der Waals surface area contributed by atoms with Gasteiger partial charge in [0.1, 0.15) is 11.3 Å². The second kappa shape index (κ2) is 8.88. The second-order valence-corrected chi connectivity index (χ2v) is 6.22. The summed E-state index contributed by atoms with van der Waals surface area (Å²) in [5, 5.41) is 0.590. The number of thioether (sulfide) groups is 1. The molecular weight excluding hydrogens is 282 g/mol. The van der Waals surface area contributed by atoms with Crippen LogP contribution >= 0.6 is 11.8 Å². The van der Waals surface area contributed by atoms with Crippen molar-refractivity contribution in [2.75, 3.05) is 5.75 Å². The second-order valence-electron chi connectivity index (χ2n) is 5.29. The van der Waals surface area contributed by atoms with Gasteiger partial charge in [-0.25, -0.2) is 4.98 Å². The third kappa shape index (κ3) is 5.54. The molecule has 0 aliphatic rings. The molecule has 1 aromatic carbocycles. The molecule has 0 radical (unpaired) electrons. The SMILES string of the molecule is CCCCCCCCC(=O)CSc1nc2ccccc2o1. The number of benzene rings is 1. The maximum absolute atomic E-state index is 11.8. The summed E-state index contributed by atoms with van der Waals surface area (Å²) in [7, 11) is 0. The zero-order chi connectivity index (χ0) is 14.9. The number of hydrogen-bond acceptors (Lipinski definition) is 4. The molecule has 0 N–H and O–H groups in total. The summed E-state index contributed by atoms with van der Waals surface area (Å²) in [5.41, 5.74) is 1.63. The monoisotopic (exact) mass is 305 g/mol. The van der Waals surface area contributed by atoms with E-state index in [9.17, 15) is 4.79 Å². The van der Waals surface area contributed by atoms with E-state index in [0.717, 1.165) is 17.5 Å². The van der Waals surface area contributed by atoms with Crippen LogP contribution in [0.4, 0.5) is 0 Å². The first kappa shape index (κ1) is 16.1. The highest BCUT2D eigenvalue weighted by atomic mass is 32.2. The summed E-state index contributed by atoms with van der Waals surface area (Å²) in [6.07, 6.45) is 7.97. The first-order chi connectivity index (χ1) is 10.3. The highest BCUT2D eigenvalue weighted by molar-refractivity contribution is 7.99. The molecule has 4 heteroatoms. The number of para-hydroxylation sites is 2. The van der Waals surface area contributed by atoms with Crippen molar-refractivity contribution in [3.8, 4) is 0 Å². The van der Waals surface area contributed by atoms with Gasteiger partial charge in [0, 0.05) is 6.42 Å². The smallest absolute Gasteiger partial charge is 0.257 e. The van der Waals surface area contributed by atoms with Crippen molar-refractivity contribution >= 4 is 28.6 Å². The minimum Gasteiger partial charge on any atom is -0.431 e. The van der Waals surface area contributed by atoms with E-state index in [2.05, 4.69) is 11.9 Å². The van der Waals surface area contributed by atoms with Gasteiger partial charge in [-0.15, -0.1) is 0 Å². The molecule has 1 heterocycles. The number of nitrogens with zero attached hydrogens (tertiary/aromatic N) is 1. The fourth-order valence-electron chi connectivity index (χ4n) is 2.23. The van der Waals surface area contributed by atoms with Crippen molar-refractivity contribution in [1.29, 1.82) is 0 Å². The minimum atomic E-state index is 0.290. The summed E-state index contributed by atoms with van der Waals surface area (Å²) in [4.78, 5) is 16.2. The van der Waals surface area contributed by atoms with E-state index in [4.69, 9.17) is 4.42 Å².